The fourth-order valence-corrected chi connectivity index (χ4v) is 2.67. The molecule has 1 aromatic heterocycles. The van der Waals surface area contributed by atoms with E-state index in [1.54, 1.807) is 13.8 Å². The lowest BCUT2D eigenvalue weighted by molar-refractivity contribution is 0.0694. The summed E-state index contributed by atoms with van der Waals surface area (Å²) >= 11 is 0. The number of pyridine rings is 1. The van der Waals surface area contributed by atoms with Gasteiger partial charge in [-0.3, -0.25) is 4.79 Å². The van der Waals surface area contributed by atoms with Crippen molar-refractivity contribution in [3.63, 3.8) is 0 Å². The van der Waals surface area contributed by atoms with E-state index in [-0.39, 0.29) is 11.1 Å². The molecular formula is C17H19NO3. The fourth-order valence-electron chi connectivity index (χ4n) is 2.67. The van der Waals surface area contributed by atoms with Gasteiger partial charge < -0.3 is 9.67 Å². The summed E-state index contributed by atoms with van der Waals surface area (Å²) in [5.41, 5.74) is 3.26. The Balaban J connectivity index is 2.57. The summed E-state index contributed by atoms with van der Waals surface area (Å²) in [4.78, 5) is 23.6. The van der Waals surface area contributed by atoms with E-state index in [0.717, 1.165) is 12.0 Å². The van der Waals surface area contributed by atoms with Crippen LogP contribution < -0.4 is 5.56 Å². The lowest BCUT2D eigenvalue weighted by Crippen LogP contribution is -2.26. The predicted octanol–water partition coefficient (Wildman–Crippen LogP) is 2.77. The van der Waals surface area contributed by atoms with Crippen LogP contribution in [0.15, 0.2) is 35.1 Å². The topological polar surface area (TPSA) is 59.3 Å². The lowest BCUT2D eigenvalue weighted by Gasteiger charge is -2.15. The van der Waals surface area contributed by atoms with Crippen LogP contribution >= 0.6 is 0 Å². The van der Waals surface area contributed by atoms with Gasteiger partial charge in [0.1, 0.15) is 0 Å². The van der Waals surface area contributed by atoms with Crippen LogP contribution in [0.5, 0.6) is 0 Å². The Morgan fingerprint density at radius 3 is 2.38 bits per heavy atom. The minimum absolute atomic E-state index is 0.166. The van der Waals surface area contributed by atoms with E-state index >= 15 is 0 Å². The van der Waals surface area contributed by atoms with Crippen LogP contribution in [0.3, 0.4) is 0 Å². The van der Waals surface area contributed by atoms with E-state index in [4.69, 9.17) is 0 Å². The van der Waals surface area contributed by atoms with Gasteiger partial charge in [-0.1, -0.05) is 31.2 Å². The molecule has 0 aliphatic rings. The van der Waals surface area contributed by atoms with Gasteiger partial charge in [0, 0.05) is 11.8 Å². The van der Waals surface area contributed by atoms with Crippen LogP contribution in [-0.2, 0) is 13.0 Å². The second-order valence-corrected chi connectivity index (χ2v) is 5.14. The molecule has 1 N–H and O–H groups in total. The Kier molecular flexibility index (Phi) is 4.26. The summed E-state index contributed by atoms with van der Waals surface area (Å²) < 4.78 is 1.53. The molecule has 0 saturated heterocycles. The minimum Gasteiger partial charge on any atom is -0.478 e. The second kappa shape index (κ2) is 5.95. The van der Waals surface area contributed by atoms with Gasteiger partial charge >= 0.3 is 5.97 Å². The number of aryl methyl sites for hydroxylation is 2. The molecule has 0 saturated carbocycles. The molecule has 0 radical (unpaired) electrons. The quantitative estimate of drug-likeness (QED) is 0.939. The van der Waals surface area contributed by atoms with E-state index in [9.17, 15) is 14.7 Å². The summed E-state index contributed by atoms with van der Waals surface area (Å²) in [6, 6.07) is 9.30. The zero-order valence-electron chi connectivity index (χ0n) is 12.5. The number of aromatic carboxylic acids is 1. The van der Waals surface area contributed by atoms with Crippen LogP contribution in [0.4, 0.5) is 0 Å². The van der Waals surface area contributed by atoms with E-state index in [1.807, 2.05) is 24.3 Å². The van der Waals surface area contributed by atoms with Crippen LogP contribution in [0, 0.1) is 13.8 Å². The Morgan fingerprint density at radius 2 is 1.81 bits per heavy atom. The molecule has 110 valence electrons. The van der Waals surface area contributed by atoms with Gasteiger partial charge in [0.2, 0.25) is 0 Å². The smallest absolute Gasteiger partial charge is 0.337 e. The van der Waals surface area contributed by atoms with Gasteiger partial charge in [0.15, 0.2) is 0 Å². The molecule has 0 unspecified atom stereocenters. The van der Waals surface area contributed by atoms with Crippen molar-refractivity contribution in [2.45, 2.75) is 33.7 Å². The second-order valence-electron chi connectivity index (χ2n) is 5.14. The average molecular weight is 285 g/mol. The third-order valence-electron chi connectivity index (χ3n) is 3.81. The highest BCUT2D eigenvalue weighted by Gasteiger charge is 2.16. The first kappa shape index (κ1) is 15.0. The molecule has 2 rings (SSSR count). The summed E-state index contributed by atoms with van der Waals surface area (Å²) in [6.45, 7) is 5.80. The van der Waals surface area contributed by atoms with E-state index in [2.05, 4.69) is 6.92 Å². The molecule has 0 aliphatic heterocycles. The van der Waals surface area contributed by atoms with Gasteiger partial charge in [0.25, 0.3) is 5.56 Å². The molecule has 0 fully saturated rings. The molecule has 0 amide bonds. The van der Waals surface area contributed by atoms with Gasteiger partial charge in [-0.15, -0.1) is 0 Å². The highest BCUT2D eigenvalue weighted by atomic mass is 16.4. The predicted molar refractivity (Wildman–Crippen MR) is 82.1 cm³/mol. The molecule has 0 spiro atoms. The number of nitrogens with zero attached hydrogens (tertiary/aromatic N) is 1. The molecule has 0 aliphatic carbocycles. The summed E-state index contributed by atoms with van der Waals surface area (Å²) in [5.74, 6) is -0.998. The maximum absolute atomic E-state index is 12.2. The summed E-state index contributed by atoms with van der Waals surface area (Å²) in [6.07, 6.45) is 0.877. The molecular weight excluding hydrogens is 266 g/mol. The Morgan fingerprint density at radius 1 is 1.19 bits per heavy atom. The molecule has 21 heavy (non-hydrogen) atoms. The molecule has 1 aromatic carbocycles. The van der Waals surface area contributed by atoms with Crippen LogP contribution in [0.25, 0.3) is 0 Å². The normalized spacial score (nSPS) is 10.6. The molecule has 2 aromatic rings. The molecule has 1 heterocycles. The fraction of sp³-hybridized carbons (Fsp3) is 0.294. The van der Waals surface area contributed by atoms with Crippen molar-refractivity contribution >= 4 is 5.97 Å². The van der Waals surface area contributed by atoms with Crippen molar-refractivity contribution in [3.05, 3.63) is 68.6 Å². The van der Waals surface area contributed by atoms with Crippen molar-refractivity contribution in [3.8, 4) is 0 Å². The van der Waals surface area contributed by atoms with Gasteiger partial charge in [0.05, 0.1) is 12.1 Å². The zero-order valence-corrected chi connectivity index (χ0v) is 12.5. The first-order valence-electron chi connectivity index (χ1n) is 6.96. The van der Waals surface area contributed by atoms with E-state index in [1.165, 1.54) is 16.2 Å². The Bertz CT molecular complexity index is 744. The number of benzene rings is 1. The number of rotatable bonds is 4. The molecule has 0 bridgehead atoms. The summed E-state index contributed by atoms with van der Waals surface area (Å²) in [7, 11) is 0. The summed E-state index contributed by atoms with van der Waals surface area (Å²) in [5, 5.41) is 9.31. The molecule has 4 nitrogen and oxygen atoms in total. The van der Waals surface area contributed by atoms with Crippen molar-refractivity contribution in [1.82, 2.24) is 4.57 Å². The number of aromatic nitrogens is 1. The third kappa shape index (κ3) is 2.89. The maximum Gasteiger partial charge on any atom is 0.337 e. The Labute approximate surface area is 123 Å². The first-order valence-corrected chi connectivity index (χ1v) is 6.96. The molecule has 0 atom stereocenters. The van der Waals surface area contributed by atoms with Crippen LogP contribution in [-0.4, -0.2) is 15.6 Å². The number of carboxylic acid groups (broad SMARTS) is 1. The van der Waals surface area contributed by atoms with Gasteiger partial charge in [-0.2, -0.15) is 0 Å². The van der Waals surface area contributed by atoms with Crippen molar-refractivity contribution in [2.75, 3.05) is 0 Å². The highest BCUT2D eigenvalue weighted by Crippen LogP contribution is 2.15. The van der Waals surface area contributed by atoms with Crippen LogP contribution in [0.1, 0.15) is 39.7 Å². The number of carbonyl (C=O) groups is 1. The van der Waals surface area contributed by atoms with Crippen LogP contribution in [0.2, 0.25) is 0 Å². The standard InChI is InChI=1S/C17H19NO3/c1-4-13-7-5-6-8-14(13)10-18-12(3)16(17(20)21)11(2)9-15(18)19/h5-9H,4,10H2,1-3H3,(H,20,21). The first-order chi connectivity index (χ1) is 9.95. The third-order valence-corrected chi connectivity index (χ3v) is 3.81. The molecule has 4 heteroatoms. The Hall–Kier alpha value is -2.36. The maximum atomic E-state index is 12.2. The number of hydrogen-bond acceptors (Lipinski definition) is 2. The van der Waals surface area contributed by atoms with E-state index in [0.29, 0.717) is 17.8 Å². The lowest BCUT2D eigenvalue weighted by atomic mass is 10.0. The van der Waals surface area contributed by atoms with Crippen molar-refractivity contribution in [1.29, 1.82) is 0 Å². The largest absolute Gasteiger partial charge is 0.478 e. The highest BCUT2D eigenvalue weighted by molar-refractivity contribution is 5.90. The number of carboxylic acids is 1. The monoisotopic (exact) mass is 285 g/mol. The zero-order chi connectivity index (χ0) is 15.6. The SMILES string of the molecule is CCc1ccccc1Cn1c(C)c(C(=O)O)c(C)cc1=O. The number of hydrogen-bond donors (Lipinski definition) is 1. The van der Waals surface area contributed by atoms with Crippen molar-refractivity contribution in [2.24, 2.45) is 0 Å². The van der Waals surface area contributed by atoms with E-state index < -0.39 is 5.97 Å². The average Bonchev–Trinajstić information content (AvgIpc) is 2.43. The van der Waals surface area contributed by atoms with Gasteiger partial charge in [-0.05, 0) is 37.0 Å². The van der Waals surface area contributed by atoms with Gasteiger partial charge in [-0.25, -0.2) is 4.79 Å². The minimum atomic E-state index is -0.998. The van der Waals surface area contributed by atoms with Crippen molar-refractivity contribution < 1.29 is 9.90 Å².